The third kappa shape index (κ3) is 10.2. The summed E-state index contributed by atoms with van der Waals surface area (Å²) >= 11 is 0. The van der Waals surface area contributed by atoms with Crippen molar-refractivity contribution in [3.8, 4) is 0 Å². The van der Waals surface area contributed by atoms with Crippen molar-refractivity contribution in [3.63, 3.8) is 0 Å². The molecule has 0 radical (unpaired) electrons. The summed E-state index contributed by atoms with van der Waals surface area (Å²) in [6.07, 6.45) is 8.13. The molecule has 0 amide bonds. The fourth-order valence-electron chi connectivity index (χ4n) is 1.82. The minimum Gasteiger partial charge on any atom is -0.329 e. The molecule has 0 aliphatic rings. The summed E-state index contributed by atoms with van der Waals surface area (Å²) in [5.74, 6) is 0. The number of hydrogen-bond acceptors (Lipinski definition) is 3. The molecule has 3 nitrogen and oxygen atoms in total. The van der Waals surface area contributed by atoms with Crippen molar-refractivity contribution in [3.05, 3.63) is 0 Å². The normalized spacial score (nSPS) is 11.2. The minimum absolute atomic E-state index is 0.746. The number of nitrogens with two attached hydrogens (primary N) is 2. The highest BCUT2D eigenvalue weighted by Crippen LogP contribution is 2.05. The maximum Gasteiger partial charge on any atom is 0.0105 e. The van der Waals surface area contributed by atoms with E-state index < -0.39 is 0 Å². The minimum atomic E-state index is 0.746. The van der Waals surface area contributed by atoms with Crippen LogP contribution in [-0.2, 0) is 0 Å². The van der Waals surface area contributed by atoms with Crippen LogP contribution in [-0.4, -0.2) is 37.6 Å². The highest BCUT2D eigenvalue weighted by atomic mass is 15.1. The number of rotatable bonds is 11. The molecule has 0 aliphatic carbocycles. The monoisotopic (exact) mass is 215 g/mol. The Morgan fingerprint density at radius 3 is 1.80 bits per heavy atom. The third-order valence-electron chi connectivity index (χ3n) is 2.72. The van der Waals surface area contributed by atoms with E-state index in [4.69, 9.17) is 11.5 Å². The molecule has 0 aromatic carbocycles. The Hall–Kier alpha value is -0.120. The molecule has 3 heteroatoms. The largest absolute Gasteiger partial charge is 0.329 e. The van der Waals surface area contributed by atoms with Gasteiger partial charge in [-0.1, -0.05) is 39.0 Å². The predicted octanol–water partition coefficient (Wildman–Crippen LogP) is 1.57. The molecule has 0 fully saturated rings. The second-order valence-corrected chi connectivity index (χ2v) is 4.19. The van der Waals surface area contributed by atoms with E-state index in [9.17, 15) is 0 Å². The standard InChI is InChI=1S/C12H29N3/c1-2-3-4-5-6-7-10-15(11-8-13)12-9-14/h2-14H2,1H3. The van der Waals surface area contributed by atoms with Gasteiger partial charge < -0.3 is 16.4 Å². The summed E-state index contributed by atoms with van der Waals surface area (Å²) in [6, 6.07) is 0. The van der Waals surface area contributed by atoms with Gasteiger partial charge in [-0.3, -0.25) is 0 Å². The molecular weight excluding hydrogens is 186 g/mol. The third-order valence-corrected chi connectivity index (χ3v) is 2.72. The Morgan fingerprint density at radius 2 is 1.27 bits per heavy atom. The molecule has 15 heavy (non-hydrogen) atoms. The van der Waals surface area contributed by atoms with Gasteiger partial charge in [-0.2, -0.15) is 0 Å². The van der Waals surface area contributed by atoms with Crippen LogP contribution in [0.2, 0.25) is 0 Å². The van der Waals surface area contributed by atoms with Crippen LogP contribution >= 0.6 is 0 Å². The van der Waals surface area contributed by atoms with Gasteiger partial charge in [0.15, 0.2) is 0 Å². The Kier molecular flexibility index (Phi) is 11.9. The van der Waals surface area contributed by atoms with Gasteiger partial charge in [0.05, 0.1) is 0 Å². The highest BCUT2D eigenvalue weighted by molar-refractivity contribution is 4.59. The second-order valence-electron chi connectivity index (χ2n) is 4.19. The van der Waals surface area contributed by atoms with E-state index in [0.29, 0.717) is 0 Å². The molecule has 4 N–H and O–H groups in total. The number of unbranched alkanes of at least 4 members (excludes halogenated alkanes) is 5. The molecule has 0 rings (SSSR count). The number of hydrogen-bond donors (Lipinski definition) is 2. The van der Waals surface area contributed by atoms with Gasteiger partial charge in [-0.05, 0) is 13.0 Å². The molecule has 0 bridgehead atoms. The molecule has 0 aliphatic heterocycles. The molecule has 0 aromatic rings. The molecular formula is C12H29N3. The second kappa shape index (κ2) is 12.0. The first-order chi connectivity index (χ1) is 7.35. The lowest BCUT2D eigenvalue weighted by molar-refractivity contribution is 0.281. The van der Waals surface area contributed by atoms with Crippen molar-refractivity contribution in [2.24, 2.45) is 11.5 Å². The van der Waals surface area contributed by atoms with E-state index in [0.717, 1.165) is 26.2 Å². The van der Waals surface area contributed by atoms with E-state index in [1.54, 1.807) is 0 Å². The van der Waals surface area contributed by atoms with Gasteiger partial charge in [0.25, 0.3) is 0 Å². The zero-order valence-electron chi connectivity index (χ0n) is 10.4. The van der Waals surface area contributed by atoms with Gasteiger partial charge >= 0.3 is 0 Å². The Bertz CT molecular complexity index is 111. The van der Waals surface area contributed by atoms with Crippen LogP contribution in [0.25, 0.3) is 0 Å². The first-order valence-electron chi connectivity index (χ1n) is 6.47. The summed E-state index contributed by atoms with van der Waals surface area (Å²) in [5.41, 5.74) is 11.1. The molecule has 92 valence electrons. The lowest BCUT2D eigenvalue weighted by atomic mass is 10.1. The average molecular weight is 215 g/mol. The molecule has 0 saturated heterocycles. The van der Waals surface area contributed by atoms with Crippen molar-refractivity contribution in [2.75, 3.05) is 32.7 Å². The summed E-state index contributed by atoms with van der Waals surface area (Å²) < 4.78 is 0. The van der Waals surface area contributed by atoms with Gasteiger partial charge in [0, 0.05) is 26.2 Å². The Morgan fingerprint density at radius 1 is 0.733 bits per heavy atom. The first-order valence-corrected chi connectivity index (χ1v) is 6.47. The summed E-state index contributed by atoms with van der Waals surface area (Å²) in [6.45, 7) is 6.90. The zero-order valence-corrected chi connectivity index (χ0v) is 10.4. The topological polar surface area (TPSA) is 55.3 Å². The van der Waals surface area contributed by atoms with Crippen LogP contribution in [0.15, 0.2) is 0 Å². The van der Waals surface area contributed by atoms with Gasteiger partial charge in [-0.15, -0.1) is 0 Å². The summed E-state index contributed by atoms with van der Waals surface area (Å²) in [5, 5.41) is 0. The smallest absolute Gasteiger partial charge is 0.0105 e. The van der Waals surface area contributed by atoms with Crippen molar-refractivity contribution < 1.29 is 0 Å². The Labute approximate surface area is 95.2 Å². The summed E-state index contributed by atoms with van der Waals surface area (Å²) in [7, 11) is 0. The lowest BCUT2D eigenvalue weighted by Gasteiger charge is -2.20. The number of nitrogens with zero attached hydrogens (tertiary/aromatic N) is 1. The van der Waals surface area contributed by atoms with E-state index in [1.165, 1.54) is 45.1 Å². The lowest BCUT2D eigenvalue weighted by Crippen LogP contribution is -2.34. The fourth-order valence-corrected chi connectivity index (χ4v) is 1.82. The van der Waals surface area contributed by atoms with Crippen LogP contribution in [0.3, 0.4) is 0 Å². The van der Waals surface area contributed by atoms with Crippen LogP contribution < -0.4 is 11.5 Å². The molecule has 0 heterocycles. The average Bonchev–Trinajstić information content (AvgIpc) is 2.24. The van der Waals surface area contributed by atoms with Crippen LogP contribution in [0.5, 0.6) is 0 Å². The van der Waals surface area contributed by atoms with Crippen molar-refractivity contribution >= 4 is 0 Å². The SMILES string of the molecule is CCCCCCCCN(CCN)CCN. The summed E-state index contributed by atoms with van der Waals surface area (Å²) in [4.78, 5) is 2.37. The predicted molar refractivity (Wildman–Crippen MR) is 67.9 cm³/mol. The molecule has 0 spiro atoms. The van der Waals surface area contributed by atoms with Crippen LogP contribution in [0.4, 0.5) is 0 Å². The molecule has 0 aromatic heterocycles. The van der Waals surface area contributed by atoms with Crippen LogP contribution in [0.1, 0.15) is 45.4 Å². The van der Waals surface area contributed by atoms with Gasteiger partial charge in [0.1, 0.15) is 0 Å². The molecule has 0 atom stereocenters. The fraction of sp³-hybridized carbons (Fsp3) is 1.00. The van der Waals surface area contributed by atoms with Crippen molar-refractivity contribution in [1.29, 1.82) is 0 Å². The van der Waals surface area contributed by atoms with Crippen molar-refractivity contribution in [2.45, 2.75) is 45.4 Å². The molecule has 0 saturated carbocycles. The first kappa shape index (κ1) is 14.9. The van der Waals surface area contributed by atoms with Gasteiger partial charge in [-0.25, -0.2) is 0 Å². The van der Waals surface area contributed by atoms with E-state index in [-0.39, 0.29) is 0 Å². The van der Waals surface area contributed by atoms with E-state index >= 15 is 0 Å². The maximum atomic E-state index is 5.55. The highest BCUT2D eigenvalue weighted by Gasteiger charge is 2.01. The van der Waals surface area contributed by atoms with E-state index in [1.807, 2.05) is 0 Å². The van der Waals surface area contributed by atoms with Gasteiger partial charge in [0.2, 0.25) is 0 Å². The Balaban J connectivity index is 3.28. The quantitative estimate of drug-likeness (QED) is 0.514. The van der Waals surface area contributed by atoms with E-state index in [2.05, 4.69) is 11.8 Å². The van der Waals surface area contributed by atoms with Crippen LogP contribution in [0, 0.1) is 0 Å². The maximum absolute atomic E-state index is 5.55. The van der Waals surface area contributed by atoms with Crippen molar-refractivity contribution in [1.82, 2.24) is 4.90 Å². The molecule has 0 unspecified atom stereocenters. The zero-order chi connectivity index (χ0) is 11.4.